The van der Waals surface area contributed by atoms with Gasteiger partial charge in [-0.15, -0.1) is 4.73 Å². The Kier molecular flexibility index (Phi) is 3.14. The van der Waals surface area contributed by atoms with Crippen LogP contribution in [-0.4, -0.2) is 16.2 Å². The predicted molar refractivity (Wildman–Crippen MR) is 58.3 cm³/mol. The van der Waals surface area contributed by atoms with E-state index in [4.69, 9.17) is 5.21 Å². The Hall–Kier alpha value is -2.53. The molecule has 0 bridgehead atoms. The number of nitrogens with zero attached hydrogens (tertiary/aromatic N) is 2. The number of carbonyl (C=O) groups is 1. The van der Waals surface area contributed by atoms with Crippen LogP contribution in [0.4, 0.5) is 14.9 Å². The number of fused-ring (bicyclic) bond motifs is 1. The van der Waals surface area contributed by atoms with Crippen LogP contribution in [0.15, 0.2) is 12.1 Å². The third-order valence-electron chi connectivity index (χ3n) is 2.06. The van der Waals surface area contributed by atoms with Crippen LogP contribution < -0.4 is 14.9 Å². The highest BCUT2D eigenvalue weighted by molar-refractivity contribution is 7.20. The highest BCUT2D eigenvalue weighted by atomic mass is 32.1. The molecule has 0 fully saturated rings. The molecule has 1 amide bonds. The van der Waals surface area contributed by atoms with Gasteiger partial charge in [-0.25, -0.2) is 14.7 Å². The number of carbonyl (C=O) groups excluding carboxylic acids is 1. The molecule has 11 heteroatoms. The van der Waals surface area contributed by atoms with E-state index in [1.165, 1.54) is 0 Å². The molecule has 2 aromatic rings. The number of ether oxygens (including phenoxy) is 1. The number of rotatable bonds is 2. The average Bonchev–Trinajstić information content (AvgIpc) is 2.66. The summed E-state index contributed by atoms with van der Waals surface area (Å²) in [6.45, 7) is 0. The van der Waals surface area contributed by atoms with Gasteiger partial charge in [0.05, 0.1) is 11.0 Å². The lowest BCUT2D eigenvalue weighted by Gasteiger charge is -1.98. The van der Waals surface area contributed by atoms with Gasteiger partial charge in [0, 0.05) is 6.07 Å². The van der Waals surface area contributed by atoms with Gasteiger partial charge >= 0.3 is 11.3 Å². The number of aromatic nitrogens is 1. The summed E-state index contributed by atoms with van der Waals surface area (Å²) in [5, 5.41) is 30.1. The summed E-state index contributed by atoms with van der Waals surface area (Å²) >= 11 is 0.479. The Balaban J connectivity index is 2.65. The number of amides is 1. The molecule has 0 saturated carbocycles. The van der Waals surface area contributed by atoms with E-state index >= 15 is 0 Å². The van der Waals surface area contributed by atoms with Crippen molar-refractivity contribution < 1.29 is 28.8 Å². The standard InChI is InChI=1S/C8H4FN3O6S/c9-3-1-4-6(5(2-3)12(16)17)19-8(11(4)15)18-7(13)10-14/h1-2,14H,(H,10,13). The first-order valence-corrected chi connectivity index (χ1v) is 5.37. The second-order valence-electron chi connectivity index (χ2n) is 3.19. The monoisotopic (exact) mass is 289 g/mol. The highest BCUT2D eigenvalue weighted by Gasteiger charge is 2.28. The fraction of sp³-hybridized carbons (Fsp3) is 0. The summed E-state index contributed by atoms with van der Waals surface area (Å²) in [7, 11) is 0. The van der Waals surface area contributed by atoms with E-state index in [0.717, 1.165) is 11.5 Å². The van der Waals surface area contributed by atoms with Crippen molar-refractivity contribution in [2.75, 3.05) is 0 Å². The van der Waals surface area contributed by atoms with Crippen molar-refractivity contribution in [2.45, 2.75) is 0 Å². The minimum Gasteiger partial charge on any atom is -0.615 e. The second kappa shape index (κ2) is 4.62. The number of hydroxylamine groups is 1. The molecule has 0 aliphatic carbocycles. The number of nitro benzene ring substituents is 1. The number of nitrogens with one attached hydrogen (secondary N) is 1. The molecule has 1 aromatic heterocycles. The van der Waals surface area contributed by atoms with E-state index in [-0.39, 0.29) is 14.9 Å². The number of nitro groups is 1. The fourth-order valence-electron chi connectivity index (χ4n) is 1.35. The first kappa shape index (κ1) is 12.9. The third-order valence-corrected chi connectivity index (χ3v) is 3.10. The second-order valence-corrected chi connectivity index (χ2v) is 4.16. The molecule has 2 rings (SSSR count). The van der Waals surface area contributed by atoms with Gasteiger partial charge in [-0.1, -0.05) is 0 Å². The first-order valence-electron chi connectivity index (χ1n) is 4.56. The summed E-state index contributed by atoms with van der Waals surface area (Å²) in [6, 6.07) is 1.42. The highest BCUT2D eigenvalue weighted by Crippen LogP contribution is 2.34. The van der Waals surface area contributed by atoms with E-state index in [1.54, 1.807) is 0 Å². The van der Waals surface area contributed by atoms with Crippen LogP contribution in [-0.2, 0) is 0 Å². The zero-order valence-corrected chi connectivity index (χ0v) is 9.64. The largest absolute Gasteiger partial charge is 0.615 e. The lowest BCUT2D eigenvalue weighted by atomic mass is 10.3. The van der Waals surface area contributed by atoms with Gasteiger partial charge in [0.15, 0.2) is 4.70 Å². The van der Waals surface area contributed by atoms with E-state index in [1.807, 2.05) is 0 Å². The zero-order chi connectivity index (χ0) is 14.2. The smallest absolute Gasteiger partial charge is 0.452 e. The Morgan fingerprint density at radius 3 is 2.84 bits per heavy atom. The Morgan fingerprint density at radius 2 is 2.26 bits per heavy atom. The fourth-order valence-corrected chi connectivity index (χ4v) is 2.31. The Bertz CT molecular complexity index is 687. The van der Waals surface area contributed by atoms with E-state index in [0.29, 0.717) is 17.4 Å². The van der Waals surface area contributed by atoms with E-state index in [9.17, 15) is 24.5 Å². The molecule has 0 spiro atoms. The van der Waals surface area contributed by atoms with Crippen molar-refractivity contribution in [3.05, 3.63) is 33.3 Å². The molecule has 0 saturated heterocycles. The molecule has 1 heterocycles. The van der Waals surface area contributed by atoms with Crippen LogP contribution in [0.25, 0.3) is 10.2 Å². The van der Waals surface area contributed by atoms with E-state index in [2.05, 4.69) is 4.74 Å². The Morgan fingerprint density at radius 1 is 1.58 bits per heavy atom. The summed E-state index contributed by atoms with van der Waals surface area (Å²) in [4.78, 5) is 20.6. The van der Waals surface area contributed by atoms with Crippen LogP contribution in [0.3, 0.4) is 0 Å². The van der Waals surface area contributed by atoms with Crippen LogP contribution in [0.5, 0.6) is 5.19 Å². The summed E-state index contributed by atoms with van der Waals surface area (Å²) in [6.07, 6.45) is -1.35. The van der Waals surface area contributed by atoms with Gasteiger partial charge in [0.25, 0.3) is 5.69 Å². The van der Waals surface area contributed by atoms with Crippen LogP contribution >= 0.6 is 11.3 Å². The molecule has 2 N–H and O–H groups in total. The minimum atomic E-state index is -1.35. The number of non-ortho nitro benzene ring substituents is 1. The quantitative estimate of drug-likeness (QED) is 0.279. The normalized spacial score (nSPS) is 10.4. The number of hydrogen-bond acceptors (Lipinski definition) is 7. The SMILES string of the molecule is O=C(NO)Oc1sc2c([N+](=O)[O-])cc(F)cc2[n+]1[O-]. The molecule has 19 heavy (non-hydrogen) atoms. The van der Waals surface area contributed by atoms with Crippen LogP contribution in [0.1, 0.15) is 0 Å². The number of benzene rings is 1. The molecular weight excluding hydrogens is 285 g/mol. The van der Waals surface area contributed by atoms with Crippen molar-refractivity contribution in [3.63, 3.8) is 0 Å². The molecule has 0 unspecified atom stereocenters. The number of hydrogen-bond donors (Lipinski definition) is 2. The maximum absolute atomic E-state index is 13.2. The number of halogens is 1. The van der Waals surface area contributed by atoms with Crippen LogP contribution in [0.2, 0.25) is 0 Å². The van der Waals surface area contributed by atoms with Crippen molar-refractivity contribution in [1.82, 2.24) is 5.48 Å². The lowest BCUT2D eigenvalue weighted by Crippen LogP contribution is -2.31. The maximum atomic E-state index is 13.2. The minimum absolute atomic E-state index is 0.0192. The lowest BCUT2D eigenvalue weighted by molar-refractivity contribution is -0.577. The maximum Gasteiger partial charge on any atom is 0.452 e. The first-order chi connectivity index (χ1) is 8.93. The molecule has 1 aromatic carbocycles. The average molecular weight is 289 g/mol. The summed E-state index contributed by atoms with van der Waals surface area (Å²) in [5.41, 5.74) is 0.148. The predicted octanol–water partition coefficient (Wildman–Crippen LogP) is 1.06. The molecule has 0 aliphatic rings. The van der Waals surface area contributed by atoms with Crippen LogP contribution in [0, 0.1) is 21.1 Å². The van der Waals surface area contributed by atoms with Gasteiger partial charge in [-0.05, 0) is 11.3 Å². The topological polar surface area (TPSA) is 129 Å². The van der Waals surface area contributed by atoms with Crippen molar-refractivity contribution in [2.24, 2.45) is 0 Å². The zero-order valence-electron chi connectivity index (χ0n) is 8.82. The number of thiazole rings is 1. The summed E-state index contributed by atoms with van der Waals surface area (Å²) in [5.74, 6) is -0.972. The Labute approximate surface area is 107 Å². The molecular formula is C8H4FN3O6S. The van der Waals surface area contributed by atoms with Gasteiger partial charge < -0.3 is 9.94 Å². The van der Waals surface area contributed by atoms with Gasteiger partial charge in [-0.2, -0.15) is 0 Å². The molecule has 0 aliphatic heterocycles. The van der Waals surface area contributed by atoms with Gasteiger partial charge in [-0.3, -0.25) is 15.3 Å². The van der Waals surface area contributed by atoms with Crippen molar-refractivity contribution >= 4 is 33.3 Å². The summed E-state index contributed by atoms with van der Waals surface area (Å²) < 4.78 is 17.4. The molecule has 9 nitrogen and oxygen atoms in total. The molecule has 100 valence electrons. The van der Waals surface area contributed by atoms with Crippen molar-refractivity contribution in [1.29, 1.82) is 0 Å². The van der Waals surface area contributed by atoms with Crippen molar-refractivity contribution in [3.8, 4) is 5.19 Å². The molecule has 0 radical (unpaired) electrons. The third kappa shape index (κ3) is 2.23. The van der Waals surface area contributed by atoms with Gasteiger partial charge in [0.1, 0.15) is 5.82 Å². The molecule has 0 atom stereocenters. The van der Waals surface area contributed by atoms with Gasteiger partial charge in [0.2, 0.25) is 5.52 Å². The van der Waals surface area contributed by atoms with E-state index < -0.39 is 27.7 Å².